The highest BCUT2D eigenvalue weighted by Gasteiger charge is 2.31. The second-order valence-electron chi connectivity index (χ2n) is 5.32. The molecule has 1 saturated carbocycles. The zero-order valence-electron chi connectivity index (χ0n) is 10.8. The summed E-state index contributed by atoms with van der Waals surface area (Å²) in [7, 11) is 1.45. The fourth-order valence-electron chi connectivity index (χ4n) is 3.21. The van der Waals surface area contributed by atoms with Gasteiger partial charge in [0.15, 0.2) is 0 Å². The van der Waals surface area contributed by atoms with Crippen LogP contribution in [0.3, 0.4) is 0 Å². The Bertz CT molecular complexity index is 449. The third-order valence-electron chi connectivity index (χ3n) is 4.24. The summed E-state index contributed by atoms with van der Waals surface area (Å²) in [6.07, 6.45) is 6.59. The molecule has 0 aromatic carbocycles. The molecule has 1 atom stereocenters. The van der Waals surface area contributed by atoms with Gasteiger partial charge in [0.2, 0.25) is 0 Å². The third kappa shape index (κ3) is 1.91. The number of hydrogen-bond donors (Lipinski definition) is 0. The monoisotopic (exact) mass is 249 g/mol. The smallest absolute Gasteiger partial charge is 0.309 e. The molecule has 98 valence electrons. The van der Waals surface area contributed by atoms with E-state index >= 15 is 0 Å². The van der Waals surface area contributed by atoms with Gasteiger partial charge in [-0.3, -0.25) is 4.79 Å². The van der Waals surface area contributed by atoms with Crippen molar-refractivity contribution in [2.24, 2.45) is 5.92 Å². The van der Waals surface area contributed by atoms with E-state index in [0.29, 0.717) is 12.3 Å². The molecule has 1 aliphatic heterocycles. The molecule has 1 aromatic rings. The summed E-state index contributed by atoms with van der Waals surface area (Å²) < 4.78 is 7.05. The van der Waals surface area contributed by atoms with Crippen LogP contribution in [0.5, 0.6) is 0 Å². The van der Waals surface area contributed by atoms with Gasteiger partial charge in [0, 0.05) is 18.9 Å². The van der Waals surface area contributed by atoms with Crippen molar-refractivity contribution in [3.8, 4) is 0 Å². The summed E-state index contributed by atoms with van der Waals surface area (Å²) in [5, 5.41) is 8.63. The topological polar surface area (TPSA) is 57.0 Å². The molecule has 1 aliphatic carbocycles. The molecule has 2 aliphatic rings. The molecular weight excluding hydrogens is 230 g/mol. The van der Waals surface area contributed by atoms with Crippen molar-refractivity contribution in [3.05, 3.63) is 11.6 Å². The van der Waals surface area contributed by atoms with Gasteiger partial charge in [-0.1, -0.05) is 12.8 Å². The molecule has 0 saturated heterocycles. The molecular formula is C13H19N3O2. The standard InChI is InChI=1S/C13H19N3O2/c1-18-13(17)10-6-7-16-11(8-10)14-15-12(16)9-4-2-3-5-9/h9-10H,2-8H2,1H3. The maximum atomic E-state index is 11.6. The number of ether oxygens (including phenoxy) is 1. The SMILES string of the molecule is COC(=O)C1CCn2c(nnc2C2CCCC2)C1. The van der Waals surface area contributed by atoms with Crippen molar-refractivity contribution < 1.29 is 9.53 Å². The Hall–Kier alpha value is -1.39. The van der Waals surface area contributed by atoms with E-state index in [1.807, 2.05) is 0 Å². The second-order valence-corrected chi connectivity index (χ2v) is 5.32. The Balaban J connectivity index is 1.80. The van der Waals surface area contributed by atoms with Gasteiger partial charge in [-0.15, -0.1) is 10.2 Å². The second kappa shape index (κ2) is 4.71. The Morgan fingerprint density at radius 1 is 1.28 bits per heavy atom. The van der Waals surface area contributed by atoms with Gasteiger partial charge in [-0.25, -0.2) is 0 Å². The zero-order valence-corrected chi connectivity index (χ0v) is 10.8. The van der Waals surface area contributed by atoms with E-state index in [4.69, 9.17) is 4.74 Å². The van der Waals surface area contributed by atoms with E-state index in [1.165, 1.54) is 32.8 Å². The third-order valence-corrected chi connectivity index (χ3v) is 4.24. The molecule has 18 heavy (non-hydrogen) atoms. The first-order valence-corrected chi connectivity index (χ1v) is 6.79. The highest BCUT2D eigenvalue weighted by Crippen LogP contribution is 2.34. The van der Waals surface area contributed by atoms with Gasteiger partial charge in [-0.05, 0) is 19.3 Å². The summed E-state index contributed by atoms with van der Waals surface area (Å²) in [5.41, 5.74) is 0. The number of rotatable bonds is 2. The Kier molecular flexibility index (Phi) is 3.06. The summed E-state index contributed by atoms with van der Waals surface area (Å²) in [6, 6.07) is 0. The Labute approximate surface area is 107 Å². The normalized spacial score (nSPS) is 23.9. The van der Waals surface area contributed by atoms with Crippen LogP contribution in [0.4, 0.5) is 0 Å². The van der Waals surface area contributed by atoms with E-state index in [9.17, 15) is 4.79 Å². The lowest BCUT2D eigenvalue weighted by atomic mass is 9.97. The van der Waals surface area contributed by atoms with Crippen LogP contribution in [-0.2, 0) is 22.5 Å². The number of carbonyl (C=O) groups is 1. The average Bonchev–Trinajstić information content (AvgIpc) is 3.05. The first-order valence-electron chi connectivity index (χ1n) is 6.79. The molecule has 0 N–H and O–H groups in total. The molecule has 0 bridgehead atoms. The highest BCUT2D eigenvalue weighted by molar-refractivity contribution is 5.72. The summed E-state index contributed by atoms with van der Waals surface area (Å²) in [6.45, 7) is 0.855. The van der Waals surface area contributed by atoms with Crippen LogP contribution in [0.15, 0.2) is 0 Å². The summed E-state index contributed by atoms with van der Waals surface area (Å²) in [5.74, 6) is 2.53. The van der Waals surface area contributed by atoms with E-state index in [2.05, 4.69) is 14.8 Å². The molecule has 0 amide bonds. The van der Waals surface area contributed by atoms with Crippen molar-refractivity contribution in [3.63, 3.8) is 0 Å². The van der Waals surface area contributed by atoms with Crippen molar-refractivity contribution in [2.45, 2.75) is 51.0 Å². The fourth-order valence-corrected chi connectivity index (χ4v) is 3.21. The fraction of sp³-hybridized carbons (Fsp3) is 0.769. The minimum atomic E-state index is -0.119. The number of esters is 1. The Morgan fingerprint density at radius 2 is 2.06 bits per heavy atom. The van der Waals surface area contributed by atoms with E-state index in [0.717, 1.165) is 24.6 Å². The number of aromatic nitrogens is 3. The number of fused-ring (bicyclic) bond motifs is 1. The number of nitrogens with zero attached hydrogens (tertiary/aromatic N) is 3. The van der Waals surface area contributed by atoms with Gasteiger partial charge in [0.25, 0.3) is 0 Å². The molecule has 1 unspecified atom stereocenters. The lowest BCUT2D eigenvalue weighted by Crippen LogP contribution is -2.27. The van der Waals surface area contributed by atoms with E-state index in [-0.39, 0.29) is 11.9 Å². The van der Waals surface area contributed by atoms with Crippen molar-refractivity contribution in [2.75, 3.05) is 7.11 Å². The van der Waals surface area contributed by atoms with Crippen LogP contribution in [-0.4, -0.2) is 27.8 Å². The number of hydrogen-bond acceptors (Lipinski definition) is 4. The van der Waals surface area contributed by atoms with Crippen LogP contribution < -0.4 is 0 Å². The van der Waals surface area contributed by atoms with Crippen LogP contribution >= 0.6 is 0 Å². The number of carbonyl (C=O) groups excluding carboxylic acids is 1. The zero-order chi connectivity index (χ0) is 12.5. The van der Waals surface area contributed by atoms with Gasteiger partial charge in [0.05, 0.1) is 13.0 Å². The van der Waals surface area contributed by atoms with E-state index in [1.54, 1.807) is 0 Å². The summed E-state index contributed by atoms with van der Waals surface area (Å²) >= 11 is 0. The van der Waals surface area contributed by atoms with Gasteiger partial charge >= 0.3 is 5.97 Å². The van der Waals surface area contributed by atoms with Gasteiger partial charge in [-0.2, -0.15) is 0 Å². The molecule has 0 spiro atoms. The van der Waals surface area contributed by atoms with Crippen molar-refractivity contribution in [1.29, 1.82) is 0 Å². The summed E-state index contributed by atoms with van der Waals surface area (Å²) in [4.78, 5) is 11.6. The first kappa shape index (κ1) is 11.7. The first-order chi connectivity index (χ1) is 8.79. The molecule has 1 aromatic heterocycles. The molecule has 2 heterocycles. The molecule has 5 nitrogen and oxygen atoms in total. The highest BCUT2D eigenvalue weighted by atomic mass is 16.5. The van der Waals surface area contributed by atoms with Gasteiger partial charge in [0.1, 0.15) is 11.6 Å². The average molecular weight is 249 g/mol. The van der Waals surface area contributed by atoms with Crippen molar-refractivity contribution >= 4 is 5.97 Å². The molecule has 3 rings (SSSR count). The van der Waals surface area contributed by atoms with Gasteiger partial charge < -0.3 is 9.30 Å². The minimum Gasteiger partial charge on any atom is -0.469 e. The molecule has 0 radical (unpaired) electrons. The minimum absolute atomic E-state index is 0.0388. The molecule has 1 fully saturated rings. The quantitative estimate of drug-likeness (QED) is 0.748. The maximum Gasteiger partial charge on any atom is 0.309 e. The van der Waals surface area contributed by atoms with Crippen LogP contribution in [0.1, 0.15) is 49.7 Å². The van der Waals surface area contributed by atoms with Crippen molar-refractivity contribution in [1.82, 2.24) is 14.8 Å². The lowest BCUT2D eigenvalue weighted by molar-refractivity contribution is -0.146. The largest absolute Gasteiger partial charge is 0.469 e. The number of methoxy groups -OCH3 is 1. The van der Waals surface area contributed by atoms with Crippen LogP contribution in [0.25, 0.3) is 0 Å². The van der Waals surface area contributed by atoms with Crippen LogP contribution in [0.2, 0.25) is 0 Å². The Morgan fingerprint density at radius 3 is 2.78 bits per heavy atom. The lowest BCUT2D eigenvalue weighted by Gasteiger charge is -2.22. The van der Waals surface area contributed by atoms with Crippen LogP contribution in [0, 0.1) is 5.92 Å². The maximum absolute atomic E-state index is 11.6. The van der Waals surface area contributed by atoms with E-state index < -0.39 is 0 Å². The predicted octanol–water partition coefficient (Wildman–Crippen LogP) is 1.67. The molecule has 5 heteroatoms. The predicted molar refractivity (Wildman–Crippen MR) is 65.1 cm³/mol.